The van der Waals surface area contributed by atoms with Gasteiger partial charge in [0.1, 0.15) is 0 Å². The van der Waals surface area contributed by atoms with Crippen molar-refractivity contribution in [2.75, 3.05) is 5.32 Å². The Labute approximate surface area is 125 Å². The second-order valence-corrected chi connectivity index (χ2v) is 6.81. The molecule has 0 bridgehead atoms. The van der Waals surface area contributed by atoms with Gasteiger partial charge in [0.15, 0.2) is 0 Å². The SMILES string of the molecule is CCCC(N)C(=O)Nc1ccc(SC2CCCC2)cc1. The topological polar surface area (TPSA) is 55.1 Å². The number of thioether (sulfide) groups is 1. The van der Waals surface area contributed by atoms with Crippen molar-refractivity contribution in [2.45, 2.75) is 61.6 Å². The molecule has 1 fully saturated rings. The van der Waals surface area contributed by atoms with Crippen molar-refractivity contribution in [3.8, 4) is 0 Å². The minimum Gasteiger partial charge on any atom is -0.325 e. The van der Waals surface area contributed by atoms with Crippen LogP contribution in [0.1, 0.15) is 45.4 Å². The second kappa shape index (κ2) is 7.70. The van der Waals surface area contributed by atoms with Gasteiger partial charge in [0, 0.05) is 15.8 Å². The number of amides is 1. The third-order valence-corrected chi connectivity index (χ3v) is 5.01. The molecule has 0 aromatic heterocycles. The van der Waals surface area contributed by atoms with Gasteiger partial charge in [0.25, 0.3) is 0 Å². The van der Waals surface area contributed by atoms with E-state index in [1.54, 1.807) is 0 Å². The zero-order valence-electron chi connectivity index (χ0n) is 12.1. The van der Waals surface area contributed by atoms with Crippen molar-refractivity contribution in [3.63, 3.8) is 0 Å². The molecular formula is C16H24N2OS. The molecule has 1 aliphatic carbocycles. The molecule has 2 rings (SSSR count). The molecule has 1 atom stereocenters. The van der Waals surface area contributed by atoms with E-state index in [1.807, 2.05) is 30.8 Å². The van der Waals surface area contributed by atoms with Gasteiger partial charge < -0.3 is 11.1 Å². The van der Waals surface area contributed by atoms with Crippen molar-refractivity contribution >= 4 is 23.4 Å². The minimum atomic E-state index is -0.410. The number of hydrogen-bond donors (Lipinski definition) is 2. The first-order valence-corrected chi connectivity index (χ1v) is 8.40. The van der Waals surface area contributed by atoms with E-state index in [0.717, 1.165) is 23.8 Å². The van der Waals surface area contributed by atoms with Crippen LogP contribution in [-0.4, -0.2) is 17.2 Å². The van der Waals surface area contributed by atoms with Gasteiger partial charge in [-0.25, -0.2) is 0 Å². The quantitative estimate of drug-likeness (QED) is 0.838. The van der Waals surface area contributed by atoms with Crippen LogP contribution in [0.5, 0.6) is 0 Å². The van der Waals surface area contributed by atoms with Crippen molar-refractivity contribution in [2.24, 2.45) is 5.73 Å². The van der Waals surface area contributed by atoms with E-state index in [-0.39, 0.29) is 5.91 Å². The van der Waals surface area contributed by atoms with Gasteiger partial charge >= 0.3 is 0 Å². The number of carbonyl (C=O) groups is 1. The summed E-state index contributed by atoms with van der Waals surface area (Å²) in [5.41, 5.74) is 6.63. The van der Waals surface area contributed by atoms with Crippen LogP contribution in [0.4, 0.5) is 5.69 Å². The highest BCUT2D eigenvalue weighted by atomic mass is 32.2. The lowest BCUT2D eigenvalue weighted by molar-refractivity contribution is -0.117. The van der Waals surface area contributed by atoms with E-state index >= 15 is 0 Å². The highest BCUT2D eigenvalue weighted by Gasteiger charge is 2.16. The van der Waals surface area contributed by atoms with Gasteiger partial charge in [-0.3, -0.25) is 4.79 Å². The van der Waals surface area contributed by atoms with Gasteiger partial charge in [-0.2, -0.15) is 0 Å². The van der Waals surface area contributed by atoms with Gasteiger partial charge in [-0.05, 0) is 43.5 Å². The van der Waals surface area contributed by atoms with Crippen LogP contribution in [0.25, 0.3) is 0 Å². The van der Waals surface area contributed by atoms with E-state index in [2.05, 4.69) is 17.4 Å². The van der Waals surface area contributed by atoms with E-state index in [9.17, 15) is 4.79 Å². The summed E-state index contributed by atoms with van der Waals surface area (Å²) in [7, 11) is 0. The predicted octanol–water partition coefficient (Wildman–Crippen LogP) is 3.79. The summed E-state index contributed by atoms with van der Waals surface area (Å²) < 4.78 is 0. The Hall–Kier alpha value is -1.00. The zero-order valence-corrected chi connectivity index (χ0v) is 12.9. The van der Waals surface area contributed by atoms with Crippen molar-refractivity contribution < 1.29 is 4.79 Å². The number of hydrogen-bond acceptors (Lipinski definition) is 3. The summed E-state index contributed by atoms with van der Waals surface area (Å²) in [6, 6.07) is 7.70. The van der Waals surface area contributed by atoms with Gasteiger partial charge in [0.2, 0.25) is 5.91 Å². The number of rotatable bonds is 6. The molecule has 1 aliphatic rings. The standard InChI is InChI=1S/C16H24N2OS/c1-2-5-15(17)16(19)18-12-8-10-14(11-9-12)20-13-6-3-4-7-13/h8-11,13,15H,2-7,17H2,1H3,(H,18,19). The van der Waals surface area contributed by atoms with Crippen molar-refractivity contribution in [1.29, 1.82) is 0 Å². The fraction of sp³-hybridized carbons (Fsp3) is 0.562. The van der Waals surface area contributed by atoms with Gasteiger partial charge in [-0.15, -0.1) is 11.8 Å². The highest BCUT2D eigenvalue weighted by Crippen LogP contribution is 2.34. The van der Waals surface area contributed by atoms with Crippen LogP contribution in [0, 0.1) is 0 Å². The molecule has 20 heavy (non-hydrogen) atoms. The molecule has 3 N–H and O–H groups in total. The molecule has 1 aromatic carbocycles. The van der Waals surface area contributed by atoms with Crippen LogP contribution in [0.2, 0.25) is 0 Å². The first-order chi connectivity index (χ1) is 9.69. The smallest absolute Gasteiger partial charge is 0.241 e. The summed E-state index contributed by atoms with van der Waals surface area (Å²) in [6.07, 6.45) is 7.03. The van der Waals surface area contributed by atoms with Crippen molar-refractivity contribution in [3.05, 3.63) is 24.3 Å². The largest absolute Gasteiger partial charge is 0.325 e. The summed E-state index contributed by atoms with van der Waals surface area (Å²) in [5.74, 6) is -0.0944. The number of carbonyl (C=O) groups excluding carboxylic acids is 1. The fourth-order valence-electron chi connectivity index (χ4n) is 2.49. The van der Waals surface area contributed by atoms with Crippen LogP contribution < -0.4 is 11.1 Å². The van der Waals surface area contributed by atoms with Crippen LogP contribution >= 0.6 is 11.8 Å². The minimum absolute atomic E-state index is 0.0944. The Morgan fingerprint density at radius 3 is 2.60 bits per heavy atom. The Morgan fingerprint density at radius 2 is 2.00 bits per heavy atom. The third kappa shape index (κ3) is 4.53. The molecular weight excluding hydrogens is 268 g/mol. The molecule has 1 amide bonds. The second-order valence-electron chi connectivity index (χ2n) is 5.43. The van der Waals surface area contributed by atoms with E-state index in [1.165, 1.54) is 30.6 Å². The molecule has 3 nitrogen and oxygen atoms in total. The molecule has 110 valence electrons. The van der Waals surface area contributed by atoms with Crippen LogP contribution in [-0.2, 0) is 4.79 Å². The van der Waals surface area contributed by atoms with Gasteiger partial charge in [-0.1, -0.05) is 26.2 Å². The average molecular weight is 292 g/mol. The van der Waals surface area contributed by atoms with Crippen LogP contribution in [0.15, 0.2) is 29.2 Å². The maximum atomic E-state index is 11.8. The predicted molar refractivity (Wildman–Crippen MR) is 86.1 cm³/mol. The Morgan fingerprint density at radius 1 is 1.35 bits per heavy atom. The molecule has 1 saturated carbocycles. The number of benzene rings is 1. The fourth-order valence-corrected chi connectivity index (χ4v) is 3.74. The third-order valence-electron chi connectivity index (χ3n) is 3.66. The molecule has 0 saturated heterocycles. The van der Waals surface area contributed by atoms with E-state index in [0.29, 0.717) is 0 Å². The first kappa shape index (κ1) is 15.4. The summed E-state index contributed by atoms with van der Waals surface area (Å²) in [5, 5.41) is 3.65. The normalized spacial score (nSPS) is 17.1. The molecule has 0 spiro atoms. The monoisotopic (exact) mass is 292 g/mol. The maximum Gasteiger partial charge on any atom is 0.241 e. The zero-order chi connectivity index (χ0) is 14.4. The van der Waals surface area contributed by atoms with E-state index < -0.39 is 6.04 Å². The number of anilines is 1. The average Bonchev–Trinajstić information content (AvgIpc) is 2.94. The Bertz CT molecular complexity index is 427. The molecule has 0 radical (unpaired) electrons. The molecule has 1 aromatic rings. The van der Waals surface area contributed by atoms with Gasteiger partial charge in [0.05, 0.1) is 6.04 Å². The number of nitrogens with two attached hydrogens (primary N) is 1. The lowest BCUT2D eigenvalue weighted by atomic mass is 10.1. The Balaban J connectivity index is 1.86. The summed E-state index contributed by atoms with van der Waals surface area (Å²) in [4.78, 5) is 13.1. The molecule has 0 heterocycles. The molecule has 4 heteroatoms. The maximum absolute atomic E-state index is 11.8. The number of nitrogens with one attached hydrogen (secondary N) is 1. The lowest BCUT2D eigenvalue weighted by Crippen LogP contribution is -2.35. The molecule has 0 aliphatic heterocycles. The Kier molecular flexibility index (Phi) is 5.92. The van der Waals surface area contributed by atoms with Crippen LogP contribution in [0.3, 0.4) is 0 Å². The highest BCUT2D eigenvalue weighted by molar-refractivity contribution is 8.00. The van der Waals surface area contributed by atoms with E-state index in [4.69, 9.17) is 5.73 Å². The lowest BCUT2D eigenvalue weighted by Gasteiger charge is -2.12. The van der Waals surface area contributed by atoms with Crippen molar-refractivity contribution in [1.82, 2.24) is 0 Å². The molecule has 1 unspecified atom stereocenters. The summed E-state index contributed by atoms with van der Waals surface area (Å²) >= 11 is 1.96. The summed E-state index contributed by atoms with van der Waals surface area (Å²) in [6.45, 7) is 2.03. The first-order valence-electron chi connectivity index (χ1n) is 7.52.